The predicted octanol–water partition coefficient (Wildman–Crippen LogP) is 3.45. The zero-order chi connectivity index (χ0) is 26.1. The highest BCUT2D eigenvalue weighted by atomic mass is 32.2. The Kier molecular flexibility index (Phi) is 10.3. The number of nitrogens with zero attached hydrogens (tertiary/aromatic N) is 3. The van der Waals surface area contributed by atoms with Crippen molar-refractivity contribution >= 4 is 18.1 Å². The molecule has 3 N–H and O–H groups in total. The second-order valence-corrected chi connectivity index (χ2v) is 9.33. The molecule has 0 saturated carbocycles. The first-order valence-electron chi connectivity index (χ1n) is 11.3. The molecule has 13 heteroatoms. The van der Waals surface area contributed by atoms with E-state index in [9.17, 15) is 17.6 Å². The maximum Gasteiger partial charge on any atom is 0.490 e. The van der Waals surface area contributed by atoms with E-state index in [0.717, 1.165) is 44.8 Å². The quantitative estimate of drug-likeness (QED) is 0.410. The van der Waals surface area contributed by atoms with Gasteiger partial charge < -0.3 is 20.3 Å². The lowest BCUT2D eigenvalue weighted by atomic mass is 9.96. The molecular formula is C23H28F4N4O4S. The van der Waals surface area contributed by atoms with Crippen molar-refractivity contribution in [3.8, 4) is 5.88 Å². The Morgan fingerprint density at radius 2 is 1.89 bits per heavy atom. The lowest BCUT2D eigenvalue weighted by Gasteiger charge is -2.31. The molecule has 0 spiro atoms. The van der Waals surface area contributed by atoms with E-state index in [1.165, 1.54) is 5.56 Å². The largest absolute Gasteiger partial charge is 0.490 e. The van der Waals surface area contributed by atoms with Gasteiger partial charge >= 0.3 is 12.1 Å². The molecule has 4 rings (SSSR count). The number of alkyl halides is 3. The topological polar surface area (TPSA) is 101 Å². The molecule has 0 bridgehead atoms. The minimum atomic E-state index is -5.08. The molecule has 1 aromatic heterocycles. The summed E-state index contributed by atoms with van der Waals surface area (Å²) in [5.41, 5.74) is 7.89. The number of aromatic nitrogens is 1. The Labute approximate surface area is 210 Å². The Hall–Kier alpha value is -2.45. The third-order valence-electron chi connectivity index (χ3n) is 5.60. The number of nitrogens with two attached hydrogens (primary N) is 1. The summed E-state index contributed by atoms with van der Waals surface area (Å²) in [6.07, 6.45) is -2.40. The molecule has 36 heavy (non-hydrogen) atoms. The number of carboxylic acid groups (broad SMARTS) is 1. The van der Waals surface area contributed by atoms with Gasteiger partial charge in [0.2, 0.25) is 5.88 Å². The van der Waals surface area contributed by atoms with E-state index in [1.807, 2.05) is 24.3 Å². The molecular weight excluding hydrogens is 504 g/mol. The van der Waals surface area contributed by atoms with Crippen molar-refractivity contribution in [3.05, 3.63) is 59.5 Å². The van der Waals surface area contributed by atoms with Crippen LogP contribution in [0, 0.1) is 5.82 Å². The first kappa shape index (κ1) is 28.1. The summed E-state index contributed by atoms with van der Waals surface area (Å²) >= 11 is 1.77. The number of halogens is 4. The summed E-state index contributed by atoms with van der Waals surface area (Å²) < 4.78 is 61.3. The van der Waals surface area contributed by atoms with Gasteiger partial charge in [-0.15, -0.1) is 0 Å². The normalized spacial score (nSPS) is 21.0. The van der Waals surface area contributed by atoms with Crippen molar-refractivity contribution in [2.45, 2.75) is 31.1 Å². The van der Waals surface area contributed by atoms with E-state index in [4.69, 9.17) is 25.1 Å². The Morgan fingerprint density at radius 3 is 2.50 bits per heavy atom. The van der Waals surface area contributed by atoms with Crippen LogP contribution in [0.1, 0.15) is 23.5 Å². The monoisotopic (exact) mass is 532 g/mol. The molecule has 2 unspecified atom stereocenters. The van der Waals surface area contributed by atoms with Gasteiger partial charge in [0, 0.05) is 50.6 Å². The van der Waals surface area contributed by atoms with Gasteiger partial charge in [-0.25, -0.2) is 22.8 Å². The van der Waals surface area contributed by atoms with E-state index in [2.05, 4.69) is 13.6 Å². The van der Waals surface area contributed by atoms with Crippen LogP contribution in [0.4, 0.5) is 17.6 Å². The summed E-state index contributed by atoms with van der Waals surface area (Å²) in [5.74, 6) is -2.00. The van der Waals surface area contributed by atoms with Crippen LogP contribution < -0.4 is 10.5 Å². The van der Waals surface area contributed by atoms with Crippen LogP contribution in [0.5, 0.6) is 5.88 Å². The minimum Gasteiger partial charge on any atom is -0.476 e. The Bertz CT molecular complexity index is 977. The van der Waals surface area contributed by atoms with Crippen LogP contribution in [-0.2, 0) is 16.1 Å². The molecule has 2 aliphatic rings. The van der Waals surface area contributed by atoms with Crippen molar-refractivity contribution in [3.63, 3.8) is 0 Å². The number of hydrogen-bond donors (Lipinski definition) is 2. The molecule has 2 aromatic rings. The summed E-state index contributed by atoms with van der Waals surface area (Å²) in [4.78, 5) is 13.2. The molecule has 0 amide bonds. The fraction of sp³-hybridized carbons (Fsp3) is 0.478. The standard InChI is InChI=1S/C21H27FN4O2S.C2HF3O2/c22-19-3-1-17(2-4-19)18-12-20(15-28-21-11-16(13-23)5-6-24-21)26(14-18)29-25-7-9-27-10-8-25;3-2(4,5)1(6)7/h1-6,11,18,20H,7-10,12-15,23H2;(H,6,7). The highest BCUT2D eigenvalue weighted by molar-refractivity contribution is 7.94. The number of hydrogen-bond acceptors (Lipinski definition) is 8. The van der Waals surface area contributed by atoms with Crippen molar-refractivity contribution in [2.24, 2.45) is 5.73 Å². The second kappa shape index (κ2) is 13.2. The molecule has 2 aliphatic heterocycles. The van der Waals surface area contributed by atoms with Gasteiger partial charge in [0.1, 0.15) is 12.4 Å². The maximum absolute atomic E-state index is 13.3. The maximum atomic E-state index is 13.3. The summed E-state index contributed by atoms with van der Waals surface area (Å²) in [6.45, 7) is 5.27. The van der Waals surface area contributed by atoms with Gasteiger partial charge in [0.05, 0.1) is 19.3 Å². The van der Waals surface area contributed by atoms with Crippen molar-refractivity contribution in [1.82, 2.24) is 13.6 Å². The zero-order valence-electron chi connectivity index (χ0n) is 19.4. The number of morpholine rings is 1. The average Bonchev–Trinajstić information content (AvgIpc) is 3.26. The SMILES string of the molecule is NCc1ccnc(OCC2CC(c3ccc(F)cc3)CN2SN2CCOCC2)c1.O=C(O)C(F)(F)F. The molecule has 198 valence electrons. The molecule has 2 atom stereocenters. The van der Waals surface area contributed by atoms with Gasteiger partial charge in [-0.2, -0.15) is 13.2 Å². The van der Waals surface area contributed by atoms with E-state index in [1.54, 1.807) is 30.5 Å². The second-order valence-electron chi connectivity index (χ2n) is 8.18. The van der Waals surface area contributed by atoms with Gasteiger partial charge in [0.25, 0.3) is 0 Å². The number of ether oxygens (including phenoxy) is 2. The number of carbonyl (C=O) groups is 1. The highest BCUT2D eigenvalue weighted by Crippen LogP contribution is 2.37. The van der Waals surface area contributed by atoms with Crippen LogP contribution in [0.3, 0.4) is 0 Å². The van der Waals surface area contributed by atoms with Crippen LogP contribution in [0.25, 0.3) is 0 Å². The van der Waals surface area contributed by atoms with Crippen molar-refractivity contribution in [1.29, 1.82) is 0 Å². The Morgan fingerprint density at radius 1 is 1.22 bits per heavy atom. The van der Waals surface area contributed by atoms with Crippen LogP contribution >= 0.6 is 12.1 Å². The Balaban J connectivity index is 0.000000454. The smallest absolute Gasteiger partial charge is 0.476 e. The van der Waals surface area contributed by atoms with Crippen LogP contribution in [0.2, 0.25) is 0 Å². The number of rotatable bonds is 7. The van der Waals surface area contributed by atoms with E-state index >= 15 is 0 Å². The fourth-order valence-electron chi connectivity index (χ4n) is 3.73. The molecule has 2 saturated heterocycles. The predicted molar refractivity (Wildman–Crippen MR) is 126 cm³/mol. The molecule has 8 nitrogen and oxygen atoms in total. The van der Waals surface area contributed by atoms with Gasteiger partial charge in [-0.3, -0.25) is 0 Å². The van der Waals surface area contributed by atoms with Gasteiger partial charge in [0.15, 0.2) is 0 Å². The highest BCUT2D eigenvalue weighted by Gasteiger charge is 2.38. The van der Waals surface area contributed by atoms with E-state index < -0.39 is 12.1 Å². The van der Waals surface area contributed by atoms with Crippen molar-refractivity contribution < 1.29 is 36.9 Å². The fourth-order valence-corrected chi connectivity index (χ4v) is 4.86. The summed E-state index contributed by atoms with van der Waals surface area (Å²) in [5, 5.41) is 7.12. The first-order chi connectivity index (χ1) is 17.2. The van der Waals surface area contributed by atoms with Crippen LogP contribution in [-0.4, -0.2) is 76.3 Å². The van der Waals surface area contributed by atoms with E-state index in [-0.39, 0.29) is 11.9 Å². The average molecular weight is 533 g/mol. The lowest BCUT2D eigenvalue weighted by molar-refractivity contribution is -0.192. The first-order valence-corrected chi connectivity index (χ1v) is 12.0. The molecule has 2 fully saturated rings. The van der Waals surface area contributed by atoms with Crippen LogP contribution in [0.15, 0.2) is 42.6 Å². The van der Waals surface area contributed by atoms with Gasteiger partial charge in [-0.1, -0.05) is 12.1 Å². The number of carboxylic acids is 1. The lowest BCUT2D eigenvalue weighted by Crippen LogP contribution is -2.38. The molecule has 0 aliphatic carbocycles. The molecule has 0 radical (unpaired) electrons. The minimum absolute atomic E-state index is 0.197. The molecule has 1 aromatic carbocycles. The van der Waals surface area contributed by atoms with E-state index in [0.29, 0.717) is 24.9 Å². The summed E-state index contributed by atoms with van der Waals surface area (Å²) in [6, 6.07) is 10.9. The molecule has 3 heterocycles. The number of pyridine rings is 1. The van der Waals surface area contributed by atoms with Crippen molar-refractivity contribution in [2.75, 3.05) is 39.5 Å². The third kappa shape index (κ3) is 8.59. The zero-order valence-corrected chi connectivity index (χ0v) is 20.2. The number of aliphatic carboxylic acids is 1. The van der Waals surface area contributed by atoms with Gasteiger partial charge in [-0.05, 0) is 41.7 Å². The summed E-state index contributed by atoms with van der Waals surface area (Å²) in [7, 11) is 0. The number of benzene rings is 1. The third-order valence-corrected chi connectivity index (χ3v) is 6.85.